The monoisotopic (exact) mass is 433 g/mol. The van der Waals surface area contributed by atoms with E-state index in [9.17, 15) is 18.0 Å². The molecule has 4 fully saturated rings. The number of nitrogens with one attached hydrogen (secondary N) is 2. The van der Waals surface area contributed by atoms with Gasteiger partial charge in [-0.15, -0.1) is 4.28 Å². The topological polar surface area (TPSA) is 141 Å². The summed E-state index contributed by atoms with van der Waals surface area (Å²) < 4.78 is 35.0. The van der Waals surface area contributed by atoms with Crippen LogP contribution in [-0.4, -0.2) is 97.2 Å². The first-order chi connectivity index (χ1) is 13.8. The zero-order valence-electron chi connectivity index (χ0n) is 16.0. The summed E-state index contributed by atoms with van der Waals surface area (Å²) in [5, 5.41) is 4.02. The normalized spacial score (nSPS) is 32.5. The van der Waals surface area contributed by atoms with E-state index in [2.05, 4.69) is 20.0 Å². The molecule has 2 bridgehead atoms. The van der Waals surface area contributed by atoms with Crippen LogP contribution in [-0.2, 0) is 24.3 Å². The van der Waals surface area contributed by atoms with Crippen LogP contribution in [0.15, 0.2) is 0 Å². The SMILES string of the molecule is O=C(NOC[C@H]1C[C@H](CN2CCC2)CN1)C1CCC2CN1C(=O)N2OS(=O)(=O)O. The molecule has 4 saturated heterocycles. The van der Waals surface area contributed by atoms with Gasteiger partial charge in [-0.05, 0) is 51.2 Å². The van der Waals surface area contributed by atoms with Gasteiger partial charge in [0.25, 0.3) is 5.91 Å². The van der Waals surface area contributed by atoms with E-state index in [0.717, 1.165) is 19.5 Å². The zero-order chi connectivity index (χ0) is 20.6. The number of hydroxylamine groups is 3. The van der Waals surface area contributed by atoms with Crippen molar-refractivity contribution < 1.29 is 31.7 Å². The number of carbonyl (C=O) groups is 2. The zero-order valence-corrected chi connectivity index (χ0v) is 16.8. The summed E-state index contributed by atoms with van der Waals surface area (Å²) in [6, 6.07) is -1.90. The van der Waals surface area contributed by atoms with Crippen LogP contribution in [0, 0.1) is 5.92 Å². The van der Waals surface area contributed by atoms with Crippen LogP contribution in [0.3, 0.4) is 0 Å². The molecule has 13 heteroatoms. The lowest BCUT2D eigenvalue weighted by molar-refractivity contribution is -0.139. The molecule has 4 aliphatic heterocycles. The van der Waals surface area contributed by atoms with Gasteiger partial charge in [0.2, 0.25) is 0 Å². The van der Waals surface area contributed by atoms with Crippen LogP contribution in [0.5, 0.6) is 0 Å². The Labute approximate surface area is 169 Å². The Morgan fingerprint density at radius 3 is 2.79 bits per heavy atom. The number of rotatable bonds is 8. The minimum absolute atomic E-state index is 0.148. The Morgan fingerprint density at radius 2 is 2.10 bits per heavy atom. The molecule has 3 N–H and O–H groups in total. The molecule has 0 saturated carbocycles. The van der Waals surface area contributed by atoms with Crippen molar-refractivity contribution in [3.05, 3.63) is 0 Å². The Morgan fingerprint density at radius 1 is 1.31 bits per heavy atom. The van der Waals surface area contributed by atoms with Crippen molar-refractivity contribution in [1.82, 2.24) is 25.7 Å². The maximum atomic E-state index is 12.5. The largest absolute Gasteiger partial charge is 0.418 e. The van der Waals surface area contributed by atoms with Crippen molar-refractivity contribution in [3.63, 3.8) is 0 Å². The lowest BCUT2D eigenvalue weighted by Crippen LogP contribution is -2.50. The van der Waals surface area contributed by atoms with Crippen LogP contribution in [0.4, 0.5) is 4.79 Å². The minimum Gasteiger partial charge on any atom is -0.311 e. The molecule has 29 heavy (non-hydrogen) atoms. The molecule has 0 aromatic heterocycles. The number of fused-ring (bicyclic) bond motifs is 2. The van der Waals surface area contributed by atoms with Crippen LogP contribution < -0.4 is 10.8 Å². The third-order valence-corrected chi connectivity index (χ3v) is 6.38. The highest BCUT2D eigenvalue weighted by atomic mass is 32.3. The van der Waals surface area contributed by atoms with E-state index in [4.69, 9.17) is 9.39 Å². The third-order valence-electron chi connectivity index (χ3n) is 6.04. The second-order valence-corrected chi connectivity index (χ2v) is 9.15. The van der Waals surface area contributed by atoms with Crippen molar-refractivity contribution >= 4 is 22.3 Å². The highest BCUT2D eigenvalue weighted by molar-refractivity contribution is 7.80. The number of carbonyl (C=O) groups excluding carboxylic acids is 2. The van der Waals surface area contributed by atoms with Crippen molar-refractivity contribution in [1.29, 1.82) is 0 Å². The summed E-state index contributed by atoms with van der Waals surface area (Å²) in [7, 11) is -4.81. The van der Waals surface area contributed by atoms with Gasteiger partial charge in [0.1, 0.15) is 6.04 Å². The van der Waals surface area contributed by atoms with Crippen LogP contribution in [0.1, 0.15) is 25.7 Å². The van der Waals surface area contributed by atoms with E-state index in [0.29, 0.717) is 30.4 Å². The number of hydrogen-bond acceptors (Lipinski definition) is 8. The van der Waals surface area contributed by atoms with Gasteiger partial charge in [-0.25, -0.2) is 10.3 Å². The number of likely N-dealkylation sites (tertiary alicyclic amines) is 1. The van der Waals surface area contributed by atoms with Crippen LogP contribution >= 0.6 is 0 Å². The summed E-state index contributed by atoms with van der Waals surface area (Å²) in [5.74, 6) is 0.131. The Balaban J connectivity index is 1.21. The highest BCUT2D eigenvalue weighted by Gasteiger charge is 2.49. The van der Waals surface area contributed by atoms with Crippen LogP contribution in [0.2, 0.25) is 0 Å². The first kappa shape index (κ1) is 20.8. The molecular weight excluding hydrogens is 406 g/mol. The minimum atomic E-state index is -4.81. The predicted octanol–water partition coefficient (Wildman–Crippen LogP) is -1.28. The molecule has 12 nitrogen and oxygen atoms in total. The van der Waals surface area contributed by atoms with Gasteiger partial charge < -0.3 is 15.1 Å². The second-order valence-electron chi connectivity index (χ2n) is 8.15. The fourth-order valence-electron chi connectivity index (χ4n) is 4.48. The maximum absolute atomic E-state index is 12.5. The fourth-order valence-corrected chi connectivity index (χ4v) is 4.87. The summed E-state index contributed by atoms with van der Waals surface area (Å²) in [4.78, 5) is 33.9. The predicted molar refractivity (Wildman–Crippen MR) is 98.4 cm³/mol. The molecule has 4 atom stereocenters. The molecule has 0 radical (unpaired) electrons. The van der Waals surface area contributed by atoms with Gasteiger partial charge in [0, 0.05) is 19.1 Å². The average molecular weight is 433 g/mol. The molecule has 2 unspecified atom stereocenters. The first-order valence-electron chi connectivity index (χ1n) is 9.94. The van der Waals surface area contributed by atoms with Gasteiger partial charge in [-0.1, -0.05) is 0 Å². The second kappa shape index (κ2) is 8.32. The van der Waals surface area contributed by atoms with Crippen molar-refractivity contribution in [2.24, 2.45) is 5.92 Å². The van der Waals surface area contributed by atoms with E-state index in [1.165, 1.54) is 24.4 Å². The first-order valence-corrected chi connectivity index (χ1v) is 11.3. The number of nitrogens with zero attached hydrogens (tertiary/aromatic N) is 3. The van der Waals surface area contributed by atoms with E-state index >= 15 is 0 Å². The third kappa shape index (κ3) is 4.81. The molecule has 0 spiro atoms. The van der Waals surface area contributed by atoms with Gasteiger partial charge >= 0.3 is 16.4 Å². The molecule has 4 heterocycles. The maximum Gasteiger partial charge on any atom is 0.418 e. The number of hydrogen-bond donors (Lipinski definition) is 3. The molecule has 4 aliphatic rings. The quantitative estimate of drug-likeness (QED) is 0.315. The smallest absolute Gasteiger partial charge is 0.311 e. The summed E-state index contributed by atoms with van der Waals surface area (Å²) in [6.07, 6.45) is 2.98. The Kier molecular flexibility index (Phi) is 5.95. The van der Waals surface area contributed by atoms with Gasteiger partial charge in [-0.3, -0.25) is 14.2 Å². The van der Waals surface area contributed by atoms with E-state index in [1.54, 1.807) is 0 Å². The van der Waals surface area contributed by atoms with Gasteiger partial charge in [0.15, 0.2) is 0 Å². The van der Waals surface area contributed by atoms with E-state index in [1.807, 2.05) is 0 Å². The van der Waals surface area contributed by atoms with E-state index < -0.39 is 34.4 Å². The summed E-state index contributed by atoms with van der Waals surface area (Å²) >= 11 is 0. The summed E-state index contributed by atoms with van der Waals surface area (Å²) in [6.45, 7) is 4.88. The molecule has 0 aromatic rings. The molecule has 4 rings (SSSR count). The highest BCUT2D eigenvalue weighted by Crippen LogP contribution is 2.30. The molecule has 0 aliphatic carbocycles. The average Bonchev–Trinajstić information content (AvgIpc) is 3.16. The lowest BCUT2D eigenvalue weighted by atomic mass is 10.0. The fraction of sp³-hybridized carbons (Fsp3) is 0.875. The Bertz CT molecular complexity index is 746. The Hall–Kier alpha value is -1.51. The van der Waals surface area contributed by atoms with Gasteiger partial charge in [0.05, 0.1) is 12.6 Å². The van der Waals surface area contributed by atoms with Crippen molar-refractivity contribution in [2.75, 3.05) is 39.3 Å². The molecule has 3 amide bonds. The van der Waals surface area contributed by atoms with E-state index in [-0.39, 0.29) is 12.6 Å². The van der Waals surface area contributed by atoms with Crippen LogP contribution in [0.25, 0.3) is 0 Å². The summed E-state index contributed by atoms with van der Waals surface area (Å²) in [5.41, 5.74) is 2.41. The lowest BCUT2D eigenvalue weighted by Gasteiger charge is -2.32. The molecule has 164 valence electrons. The van der Waals surface area contributed by atoms with Crippen molar-refractivity contribution in [2.45, 2.75) is 43.8 Å². The number of piperidine rings is 1. The molecular formula is C16H27N5O7S. The standard InChI is InChI=1S/C16H27N5O7S/c22-15(18-27-10-12-6-11(7-17-12)8-19-4-1-5-19)14-3-2-13-9-20(14)16(23)21(13)28-29(24,25)26/h11-14,17H,1-10H2,(H,18,22)(H,24,25,26)/t11-,12+,13?,14?/m0/s1. The number of amides is 3. The van der Waals surface area contributed by atoms with Crippen molar-refractivity contribution in [3.8, 4) is 0 Å². The molecule has 0 aromatic carbocycles. The number of urea groups is 1. The van der Waals surface area contributed by atoms with Gasteiger partial charge in [-0.2, -0.15) is 13.5 Å².